The van der Waals surface area contributed by atoms with Crippen LogP contribution in [0.4, 0.5) is 8.78 Å². The van der Waals surface area contributed by atoms with Gasteiger partial charge >= 0.3 is 0 Å². The van der Waals surface area contributed by atoms with Crippen LogP contribution in [-0.2, 0) is 11.2 Å². The van der Waals surface area contributed by atoms with Crippen molar-refractivity contribution in [2.45, 2.75) is 101 Å². The molecule has 0 spiro atoms. The number of alkyl halides is 2. The lowest BCUT2D eigenvalue weighted by Gasteiger charge is -2.45. The van der Waals surface area contributed by atoms with E-state index in [1.165, 1.54) is 28.8 Å². The van der Waals surface area contributed by atoms with Gasteiger partial charge in [0, 0.05) is 89.0 Å². The number of nitrogens with zero attached hydrogens (tertiary/aromatic N) is 5. The second kappa shape index (κ2) is 17.4. The maximum Gasteiger partial charge on any atom is 0.248 e. The van der Waals surface area contributed by atoms with E-state index in [1.54, 1.807) is 0 Å². The SMILES string of the molecule is NCCCCN(C[C@H]1CN(CC[C@H](CC(=O)C2CCC(F)(F)CC2)c2ccccc2)CCN1CC1=CN=CC1)[C@H]1CCCc2cccnc21. The number of hydrogen-bond acceptors (Lipinski definition) is 7. The first-order chi connectivity index (χ1) is 23.9. The molecule has 6 rings (SSSR count). The van der Waals surface area contributed by atoms with Gasteiger partial charge in [-0.15, -0.1) is 0 Å². The molecule has 0 amide bonds. The van der Waals surface area contributed by atoms with Crippen LogP contribution in [0.1, 0.15) is 99.4 Å². The van der Waals surface area contributed by atoms with E-state index in [9.17, 15) is 13.6 Å². The summed E-state index contributed by atoms with van der Waals surface area (Å²) in [4.78, 5) is 30.8. The van der Waals surface area contributed by atoms with E-state index in [2.05, 4.69) is 44.0 Å². The Balaban J connectivity index is 1.15. The van der Waals surface area contributed by atoms with Gasteiger partial charge in [0.15, 0.2) is 0 Å². The number of aliphatic imine (C=N–C) groups is 1. The first-order valence-electron chi connectivity index (χ1n) is 18.9. The largest absolute Gasteiger partial charge is 0.330 e. The lowest BCUT2D eigenvalue weighted by molar-refractivity contribution is -0.127. The fraction of sp³-hybridized carbons (Fsp3) is 0.625. The number of piperazine rings is 1. The number of hydrogen-bond donors (Lipinski definition) is 1. The Morgan fingerprint density at radius 3 is 2.67 bits per heavy atom. The number of pyridine rings is 1. The molecule has 1 aromatic heterocycles. The predicted molar refractivity (Wildman–Crippen MR) is 193 cm³/mol. The van der Waals surface area contributed by atoms with E-state index < -0.39 is 5.92 Å². The fourth-order valence-electron chi connectivity index (χ4n) is 8.56. The topological polar surface area (TPSA) is 78.1 Å². The maximum absolute atomic E-state index is 13.9. The molecule has 0 bridgehead atoms. The summed E-state index contributed by atoms with van der Waals surface area (Å²) in [5.41, 5.74) is 11.1. The number of halogens is 2. The second-order valence-corrected chi connectivity index (χ2v) is 14.9. The highest BCUT2D eigenvalue weighted by molar-refractivity contribution is 5.82. The number of benzene rings is 1. The Morgan fingerprint density at radius 1 is 1.06 bits per heavy atom. The Morgan fingerprint density at radius 2 is 1.90 bits per heavy atom. The highest BCUT2D eigenvalue weighted by Crippen LogP contribution is 2.38. The maximum atomic E-state index is 13.9. The number of aromatic nitrogens is 1. The number of Topliss-reactive ketones (excluding diaryl/α,β-unsaturated/α-hetero) is 1. The van der Waals surface area contributed by atoms with Gasteiger partial charge in [-0.1, -0.05) is 36.4 Å². The van der Waals surface area contributed by atoms with E-state index in [0.717, 1.165) is 84.3 Å². The molecule has 3 heterocycles. The van der Waals surface area contributed by atoms with Gasteiger partial charge in [0.2, 0.25) is 5.92 Å². The summed E-state index contributed by atoms with van der Waals surface area (Å²) in [5, 5.41) is 0. The van der Waals surface area contributed by atoms with Crippen LogP contribution < -0.4 is 5.73 Å². The minimum Gasteiger partial charge on any atom is -0.330 e. The highest BCUT2D eigenvalue weighted by atomic mass is 19.3. The van der Waals surface area contributed by atoms with E-state index in [1.807, 2.05) is 36.8 Å². The van der Waals surface area contributed by atoms with Gasteiger partial charge in [-0.3, -0.25) is 24.6 Å². The van der Waals surface area contributed by atoms with Crippen LogP contribution >= 0.6 is 0 Å². The lowest BCUT2D eigenvalue weighted by atomic mass is 9.79. The summed E-state index contributed by atoms with van der Waals surface area (Å²) in [6, 6.07) is 15.3. The molecule has 7 nitrogen and oxygen atoms in total. The van der Waals surface area contributed by atoms with Gasteiger partial charge in [-0.25, -0.2) is 8.78 Å². The Hall–Kier alpha value is -2.85. The average Bonchev–Trinajstić information content (AvgIpc) is 3.64. The zero-order valence-corrected chi connectivity index (χ0v) is 29.2. The van der Waals surface area contributed by atoms with Crippen molar-refractivity contribution in [2.24, 2.45) is 16.6 Å². The lowest BCUT2D eigenvalue weighted by Crippen LogP contribution is -2.58. The Bertz CT molecular complexity index is 1410. The zero-order valence-electron chi connectivity index (χ0n) is 29.2. The molecular weight excluding hydrogens is 618 g/mol. The van der Waals surface area contributed by atoms with Crippen molar-refractivity contribution in [2.75, 3.05) is 52.4 Å². The highest BCUT2D eigenvalue weighted by Gasteiger charge is 2.38. The molecule has 0 radical (unpaired) electrons. The van der Waals surface area contributed by atoms with Crippen molar-refractivity contribution in [1.29, 1.82) is 0 Å². The van der Waals surface area contributed by atoms with Crippen molar-refractivity contribution in [3.05, 3.63) is 77.3 Å². The van der Waals surface area contributed by atoms with Gasteiger partial charge in [0.1, 0.15) is 5.78 Å². The number of carbonyl (C=O) groups excluding carboxylic acids is 1. The monoisotopic (exact) mass is 674 g/mol. The van der Waals surface area contributed by atoms with E-state index >= 15 is 0 Å². The third-order valence-corrected chi connectivity index (χ3v) is 11.4. The summed E-state index contributed by atoms with van der Waals surface area (Å²) in [5.74, 6) is -2.61. The fourth-order valence-corrected chi connectivity index (χ4v) is 8.56. The molecular formula is C40H56F2N6O. The number of carbonyl (C=O) groups is 1. The van der Waals surface area contributed by atoms with Gasteiger partial charge in [0.25, 0.3) is 0 Å². The average molecular weight is 675 g/mol. The predicted octanol–water partition coefficient (Wildman–Crippen LogP) is 6.80. The molecule has 3 atom stereocenters. The molecule has 1 saturated heterocycles. The van der Waals surface area contributed by atoms with Crippen LogP contribution in [0.25, 0.3) is 0 Å². The van der Waals surface area contributed by atoms with Gasteiger partial charge in [-0.05, 0) is 99.7 Å². The quantitative estimate of drug-likeness (QED) is 0.198. The van der Waals surface area contributed by atoms with Crippen LogP contribution in [0, 0.1) is 5.92 Å². The normalized spacial score (nSPS) is 23.8. The Labute approximate surface area is 292 Å². The van der Waals surface area contributed by atoms with Crippen molar-refractivity contribution < 1.29 is 13.6 Å². The van der Waals surface area contributed by atoms with Gasteiger partial charge < -0.3 is 10.6 Å². The number of ketones is 1. The first-order valence-corrected chi connectivity index (χ1v) is 18.9. The van der Waals surface area contributed by atoms with Crippen LogP contribution in [0.5, 0.6) is 0 Å². The van der Waals surface area contributed by atoms with Crippen molar-refractivity contribution in [3.8, 4) is 0 Å². The number of unbranched alkanes of at least 4 members (excludes halogenated alkanes) is 1. The molecule has 266 valence electrons. The number of nitrogens with two attached hydrogens (primary N) is 1. The van der Waals surface area contributed by atoms with Crippen molar-refractivity contribution in [1.82, 2.24) is 19.7 Å². The Kier molecular flexibility index (Phi) is 12.8. The van der Waals surface area contributed by atoms with Gasteiger partial charge in [0.05, 0.1) is 11.7 Å². The summed E-state index contributed by atoms with van der Waals surface area (Å²) in [6.07, 6.45) is 14.0. The molecule has 1 aromatic carbocycles. The second-order valence-electron chi connectivity index (χ2n) is 14.9. The molecule has 2 aliphatic carbocycles. The summed E-state index contributed by atoms with van der Waals surface area (Å²) in [7, 11) is 0. The van der Waals surface area contributed by atoms with E-state index in [-0.39, 0.29) is 30.5 Å². The van der Waals surface area contributed by atoms with Gasteiger partial charge in [-0.2, -0.15) is 0 Å². The number of rotatable bonds is 16. The van der Waals surface area contributed by atoms with Crippen LogP contribution in [0.2, 0.25) is 0 Å². The van der Waals surface area contributed by atoms with Crippen LogP contribution in [0.3, 0.4) is 0 Å². The standard InChI is InChI=1S/C40H56F2N6O/c41-40(42)17-13-33(14-18-40)38(49)26-35(32-8-2-1-3-9-32)16-23-46-24-25-47(28-31-15-21-44-27-31)36(29-46)30-48(22-5-4-19-43)37-12-6-10-34-11-7-20-45-39(34)37/h1-3,7-9,11,20-21,27,33,35-37H,4-6,10,12-19,22-26,28-30,43H2/t35-,36-,37+/m1/s1. The smallest absolute Gasteiger partial charge is 0.248 e. The molecule has 1 saturated carbocycles. The van der Waals surface area contributed by atoms with E-state index in [4.69, 9.17) is 10.7 Å². The zero-order chi connectivity index (χ0) is 34.1. The van der Waals surface area contributed by atoms with Crippen molar-refractivity contribution >= 4 is 12.0 Å². The van der Waals surface area contributed by atoms with E-state index in [0.29, 0.717) is 37.9 Å². The molecule has 4 aliphatic rings. The minimum absolute atomic E-state index is 0.0889. The number of fused-ring (bicyclic) bond motifs is 1. The van der Waals surface area contributed by atoms with Crippen LogP contribution in [0.15, 0.2) is 65.4 Å². The molecule has 49 heavy (non-hydrogen) atoms. The summed E-state index contributed by atoms with van der Waals surface area (Å²) < 4.78 is 27.7. The molecule has 2 aromatic rings. The third kappa shape index (κ3) is 9.90. The minimum atomic E-state index is -2.62. The molecule has 9 heteroatoms. The number of aryl methyl sites for hydroxylation is 1. The first kappa shape index (κ1) is 36.0. The summed E-state index contributed by atoms with van der Waals surface area (Å²) in [6.45, 7) is 7.49. The van der Waals surface area contributed by atoms with Crippen molar-refractivity contribution in [3.63, 3.8) is 0 Å². The molecule has 2 N–H and O–H groups in total. The third-order valence-electron chi connectivity index (χ3n) is 11.4. The summed E-state index contributed by atoms with van der Waals surface area (Å²) >= 11 is 0. The molecule has 2 fully saturated rings. The van der Waals surface area contributed by atoms with Crippen LogP contribution in [-0.4, -0.2) is 96.0 Å². The molecule has 2 aliphatic heterocycles. The molecule has 0 unspecified atom stereocenters.